The molecule has 0 unspecified atom stereocenters. The first-order chi connectivity index (χ1) is 15.7. The van der Waals surface area contributed by atoms with Crippen LogP contribution in [-0.4, -0.2) is 27.8 Å². The minimum Gasteiger partial charge on any atom is -0.507 e. The fourth-order valence-electron chi connectivity index (χ4n) is 3.32. The quantitative estimate of drug-likeness (QED) is 0.202. The molecule has 0 heterocycles. The van der Waals surface area contributed by atoms with Crippen LogP contribution < -0.4 is 10.9 Å². The Hall–Kier alpha value is -4.23. The molecule has 2 amide bonds. The molecular weight excluding hydrogens is 420 g/mol. The van der Waals surface area contributed by atoms with Gasteiger partial charge in [-0.1, -0.05) is 90.0 Å². The number of hydrogen-bond acceptors (Lipinski definition) is 5. The predicted molar refractivity (Wildman–Crippen MR) is 124 cm³/mol. The number of carbonyl (C=O) groups excluding carboxylic acids is 3. The van der Waals surface area contributed by atoms with Gasteiger partial charge in [-0.3, -0.25) is 25.2 Å². The van der Waals surface area contributed by atoms with Crippen molar-refractivity contribution in [3.8, 4) is 0 Å². The van der Waals surface area contributed by atoms with E-state index in [1.807, 2.05) is 31.4 Å². The monoisotopic (exact) mass is 444 g/mol. The van der Waals surface area contributed by atoms with E-state index in [1.165, 1.54) is 0 Å². The largest absolute Gasteiger partial charge is 0.507 e. The number of nitrogens with one attached hydrogen (secondary N) is 2. The first kappa shape index (κ1) is 23.4. The van der Waals surface area contributed by atoms with Crippen LogP contribution in [0.4, 0.5) is 0 Å². The Labute approximate surface area is 191 Å². The summed E-state index contributed by atoms with van der Waals surface area (Å²) in [6, 6.07) is 21.8. The van der Waals surface area contributed by atoms with Gasteiger partial charge in [0.05, 0.1) is 0 Å². The number of rotatable bonds is 6. The van der Waals surface area contributed by atoms with Crippen molar-refractivity contribution >= 4 is 23.4 Å². The maximum absolute atomic E-state index is 13.1. The number of carbonyl (C=O) groups is 3. The van der Waals surface area contributed by atoms with E-state index in [2.05, 4.69) is 5.43 Å². The summed E-state index contributed by atoms with van der Waals surface area (Å²) in [5, 5.41) is 21.5. The topological polar surface area (TPSA) is 116 Å². The standard InChI is InChI=1S/C26H24N2O5/c1-17-8-6-12-20(14-17)26(33,21-13-7-9-18(2)15-21)25(32)28-27-24(31)23(30)16-22(29)19-10-4-3-5-11-19/h3-16,29,33H,1-2H3,(H,27,31)(H,28,32). The number of benzene rings is 3. The number of hydrogen-bond donors (Lipinski definition) is 4. The highest BCUT2D eigenvalue weighted by Crippen LogP contribution is 2.31. The Bertz CT molecular complexity index is 1170. The van der Waals surface area contributed by atoms with Crippen molar-refractivity contribution in [1.82, 2.24) is 10.9 Å². The van der Waals surface area contributed by atoms with Crippen LogP contribution in [0.1, 0.15) is 27.8 Å². The smallest absolute Gasteiger partial charge is 0.310 e. The third-order valence-corrected chi connectivity index (χ3v) is 5.05. The number of ketones is 1. The zero-order chi connectivity index (χ0) is 24.0. The van der Waals surface area contributed by atoms with E-state index in [9.17, 15) is 24.6 Å². The van der Waals surface area contributed by atoms with Crippen molar-refractivity contribution in [1.29, 1.82) is 0 Å². The van der Waals surface area contributed by atoms with Crippen LogP contribution in [0.5, 0.6) is 0 Å². The third kappa shape index (κ3) is 5.34. The predicted octanol–water partition coefficient (Wildman–Crippen LogP) is 2.85. The summed E-state index contributed by atoms with van der Waals surface area (Å²) < 4.78 is 0. The highest BCUT2D eigenvalue weighted by Gasteiger charge is 2.40. The van der Waals surface area contributed by atoms with Crippen LogP contribution in [0.3, 0.4) is 0 Å². The Kier molecular flexibility index (Phi) is 7.05. The minimum atomic E-state index is -2.13. The summed E-state index contributed by atoms with van der Waals surface area (Å²) >= 11 is 0. The summed E-state index contributed by atoms with van der Waals surface area (Å²) in [6.07, 6.45) is 0.754. The first-order valence-electron chi connectivity index (χ1n) is 10.2. The lowest BCUT2D eigenvalue weighted by Gasteiger charge is -2.28. The van der Waals surface area contributed by atoms with Gasteiger partial charge in [0.1, 0.15) is 5.76 Å². The van der Waals surface area contributed by atoms with Gasteiger partial charge < -0.3 is 10.2 Å². The molecule has 4 N–H and O–H groups in total. The lowest BCUT2D eigenvalue weighted by Crippen LogP contribution is -2.53. The van der Waals surface area contributed by atoms with Crippen LogP contribution in [-0.2, 0) is 20.0 Å². The molecule has 168 valence electrons. The molecule has 0 saturated heterocycles. The minimum absolute atomic E-state index is 0.299. The second-order valence-electron chi connectivity index (χ2n) is 7.62. The van der Waals surface area contributed by atoms with Crippen LogP contribution >= 0.6 is 0 Å². The summed E-state index contributed by atoms with van der Waals surface area (Å²) in [5.41, 5.74) is 4.62. The molecule has 0 aromatic heterocycles. The molecule has 0 radical (unpaired) electrons. The molecule has 3 aromatic carbocycles. The van der Waals surface area contributed by atoms with E-state index >= 15 is 0 Å². The molecule has 3 rings (SSSR count). The van der Waals surface area contributed by atoms with Gasteiger partial charge in [-0.15, -0.1) is 0 Å². The van der Waals surface area contributed by atoms with Crippen molar-refractivity contribution < 1.29 is 24.6 Å². The second kappa shape index (κ2) is 9.93. The molecule has 0 atom stereocenters. The number of aliphatic hydroxyl groups is 2. The van der Waals surface area contributed by atoms with Crippen LogP contribution in [0, 0.1) is 13.8 Å². The molecule has 7 heteroatoms. The molecule has 33 heavy (non-hydrogen) atoms. The fourth-order valence-corrected chi connectivity index (χ4v) is 3.32. The van der Waals surface area contributed by atoms with E-state index in [0.717, 1.165) is 17.2 Å². The van der Waals surface area contributed by atoms with Gasteiger partial charge >= 0.3 is 5.91 Å². The van der Waals surface area contributed by atoms with Crippen molar-refractivity contribution in [3.05, 3.63) is 113 Å². The number of amides is 2. The van der Waals surface area contributed by atoms with E-state index < -0.39 is 29.0 Å². The van der Waals surface area contributed by atoms with Gasteiger partial charge in [0.25, 0.3) is 5.91 Å². The Morgan fingerprint density at radius 3 is 1.85 bits per heavy atom. The molecule has 0 aliphatic heterocycles. The third-order valence-electron chi connectivity index (χ3n) is 5.05. The first-order valence-corrected chi connectivity index (χ1v) is 10.2. The average Bonchev–Trinajstić information content (AvgIpc) is 2.82. The van der Waals surface area contributed by atoms with Crippen LogP contribution in [0.2, 0.25) is 0 Å². The Morgan fingerprint density at radius 2 is 1.33 bits per heavy atom. The lowest BCUT2D eigenvalue weighted by atomic mass is 9.84. The average molecular weight is 444 g/mol. The molecule has 0 bridgehead atoms. The molecule has 7 nitrogen and oxygen atoms in total. The van der Waals surface area contributed by atoms with Gasteiger partial charge in [-0.25, -0.2) is 0 Å². The normalized spacial score (nSPS) is 11.5. The van der Waals surface area contributed by atoms with Crippen molar-refractivity contribution in [2.75, 3.05) is 0 Å². The van der Waals surface area contributed by atoms with Crippen molar-refractivity contribution in [2.24, 2.45) is 0 Å². The fraction of sp³-hybridized carbons (Fsp3) is 0.115. The van der Waals surface area contributed by atoms with Gasteiger partial charge in [0, 0.05) is 11.6 Å². The molecule has 0 spiro atoms. The number of aliphatic hydroxyl groups excluding tert-OH is 1. The van der Waals surface area contributed by atoms with E-state index in [1.54, 1.807) is 66.7 Å². The van der Waals surface area contributed by atoms with Crippen molar-refractivity contribution in [2.45, 2.75) is 19.4 Å². The maximum atomic E-state index is 13.1. The number of hydrazine groups is 1. The molecule has 0 fully saturated rings. The zero-order valence-electron chi connectivity index (χ0n) is 18.2. The van der Waals surface area contributed by atoms with Gasteiger partial charge in [-0.05, 0) is 25.0 Å². The highest BCUT2D eigenvalue weighted by molar-refractivity contribution is 6.41. The zero-order valence-corrected chi connectivity index (χ0v) is 18.2. The van der Waals surface area contributed by atoms with Crippen LogP contribution in [0.15, 0.2) is 84.9 Å². The Balaban J connectivity index is 1.81. The maximum Gasteiger partial charge on any atom is 0.310 e. The Morgan fingerprint density at radius 1 is 0.788 bits per heavy atom. The van der Waals surface area contributed by atoms with E-state index in [4.69, 9.17) is 0 Å². The summed E-state index contributed by atoms with van der Waals surface area (Å²) in [7, 11) is 0. The SMILES string of the molecule is Cc1cccc(C(O)(C(=O)NNC(=O)C(=O)C=C(O)c2ccccc2)c2cccc(C)c2)c1. The highest BCUT2D eigenvalue weighted by atomic mass is 16.3. The van der Waals surface area contributed by atoms with Gasteiger partial charge in [0.15, 0.2) is 5.60 Å². The number of aryl methyl sites for hydroxylation is 2. The summed E-state index contributed by atoms with van der Waals surface area (Å²) in [6.45, 7) is 3.65. The molecule has 0 aliphatic rings. The molecular formula is C26H24N2O5. The molecule has 0 aliphatic carbocycles. The lowest BCUT2D eigenvalue weighted by molar-refractivity contribution is -0.142. The van der Waals surface area contributed by atoms with Crippen molar-refractivity contribution in [3.63, 3.8) is 0 Å². The molecule has 0 saturated carbocycles. The summed E-state index contributed by atoms with van der Waals surface area (Å²) in [5.74, 6) is -3.60. The molecule has 3 aromatic rings. The van der Waals surface area contributed by atoms with Crippen LogP contribution in [0.25, 0.3) is 5.76 Å². The second-order valence-corrected chi connectivity index (χ2v) is 7.62. The van der Waals surface area contributed by atoms with E-state index in [-0.39, 0.29) is 0 Å². The van der Waals surface area contributed by atoms with Gasteiger partial charge in [-0.2, -0.15) is 0 Å². The summed E-state index contributed by atoms with van der Waals surface area (Å²) in [4.78, 5) is 37.5. The van der Waals surface area contributed by atoms with Gasteiger partial charge in [0.2, 0.25) is 5.78 Å². The van der Waals surface area contributed by atoms with E-state index in [0.29, 0.717) is 16.7 Å².